The lowest BCUT2D eigenvalue weighted by atomic mass is 10.1. The first-order valence-corrected chi connectivity index (χ1v) is 8.13. The van der Waals surface area contributed by atoms with Crippen LogP contribution in [0.1, 0.15) is 28.2 Å². The molecule has 1 atom stereocenters. The van der Waals surface area contributed by atoms with Gasteiger partial charge in [0, 0.05) is 25.7 Å². The van der Waals surface area contributed by atoms with Crippen LogP contribution in [0.2, 0.25) is 0 Å². The summed E-state index contributed by atoms with van der Waals surface area (Å²) < 4.78 is 12.9. The summed E-state index contributed by atoms with van der Waals surface area (Å²) in [6, 6.07) is 6.01. The molecule has 0 spiro atoms. The second-order valence-electron chi connectivity index (χ2n) is 6.13. The van der Waals surface area contributed by atoms with Gasteiger partial charge in [0.25, 0.3) is 5.91 Å². The Labute approximate surface area is 145 Å². The standard InChI is InChI=1S/C18H19FN4O2/c1-12-9-21-16(10-20-12)18(25)22-15-8-17(24)23(11-15)7-6-13-2-4-14(19)5-3-13/h2-5,9-10,15H,6-8,11H2,1H3,(H,22,25). The molecule has 3 rings (SSSR count). The van der Waals surface area contributed by atoms with Gasteiger partial charge in [0.05, 0.1) is 17.9 Å². The Morgan fingerprint density at radius 3 is 2.72 bits per heavy atom. The summed E-state index contributed by atoms with van der Waals surface area (Å²) in [7, 11) is 0. The molecule has 0 aliphatic carbocycles. The van der Waals surface area contributed by atoms with Gasteiger partial charge in [-0.1, -0.05) is 12.1 Å². The molecule has 0 bridgehead atoms. The number of aryl methyl sites for hydroxylation is 1. The van der Waals surface area contributed by atoms with Crippen molar-refractivity contribution in [2.75, 3.05) is 13.1 Å². The van der Waals surface area contributed by atoms with Crippen LogP contribution in [0.15, 0.2) is 36.7 Å². The number of carbonyl (C=O) groups excluding carboxylic acids is 2. The van der Waals surface area contributed by atoms with E-state index in [2.05, 4.69) is 15.3 Å². The first-order chi connectivity index (χ1) is 12.0. The molecule has 2 amide bonds. The number of benzene rings is 1. The summed E-state index contributed by atoms with van der Waals surface area (Å²) in [6.45, 7) is 2.80. The van der Waals surface area contributed by atoms with Gasteiger partial charge in [-0.05, 0) is 31.0 Å². The van der Waals surface area contributed by atoms with Crippen LogP contribution in [0.3, 0.4) is 0 Å². The van der Waals surface area contributed by atoms with Crippen molar-refractivity contribution >= 4 is 11.8 Å². The van der Waals surface area contributed by atoms with Gasteiger partial charge in [0.2, 0.25) is 5.91 Å². The minimum atomic E-state index is -0.328. The fourth-order valence-corrected chi connectivity index (χ4v) is 2.77. The Balaban J connectivity index is 1.52. The molecule has 130 valence electrons. The van der Waals surface area contributed by atoms with Crippen LogP contribution >= 0.6 is 0 Å². The van der Waals surface area contributed by atoms with E-state index in [0.717, 1.165) is 11.3 Å². The highest BCUT2D eigenvalue weighted by Gasteiger charge is 2.30. The number of amides is 2. The van der Waals surface area contributed by atoms with Crippen molar-refractivity contribution in [3.8, 4) is 0 Å². The lowest BCUT2D eigenvalue weighted by Gasteiger charge is -2.17. The molecule has 25 heavy (non-hydrogen) atoms. The number of nitrogens with one attached hydrogen (secondary N) is 1. The highest BCUT2D eigenvalue weighted by molar-refractivity contribution is 5.93. The highest BCUT2D eigenvalue weighted by Crippen LogP contribution is 2.13. The Bertz CT molecular complexity index is 762. The van der Waals surface area contributed by atoms with Crippen LogP contribution in [-0.4, -0.2) is 45.8 Å². The van der Waals surface area contributed by atoms with Gasteiger partial charge < -0.3 is 10.2 Å². The van der Waals surface area contributed by atoms with Gasteiger partial charge >= 0.3 is 0 Å². The highest BCUT2D eigenvalue weighted by atomic mass is 19.1. The number of carbonyl (C=O) groups is 2. The van der Waals surface area contributed by atoms with Gasteiger partial charge in [0.15, 0.2) is 0 Å². The fraction of sp³-hybridized carbons (Fsp3) is 0.333. The molecular weight excluding hydrogens is 323 g/mol. The van der Waals surface area contributed by atoms with E-state index < -0.39 is 0 Å². The van der Waals surface area contributed by atoms with Gasteiger partial charge in [-0.2, -0.15) is 0 Å². The van der Waals surface area contributed by atoms with Crippen molar-refractivity contribution in [2.24, 2.45) is 0 Å². The zero-order valence-electron chi connectivity index (χ0n) is 13.9. The maximum Gasteiger partial charge on any atom is 0.271 e. The summed E-state index contributed by atoms with van der Waals surface area (Å²) in [5.41, 5.74) is 1.94. The fourth-order valence-electron chi connectivity index (χ4n) is 2.77. The predicted molar refractivity (Wildman–Crippen MR) is 89.3 cm³/mol. The van der Waals surface area contributed by atoms with Gasteiger partial charge in [-0.15, -0.1) is 0 Å². The first kappa shape index (κ1) is 17.0. The Hall–Kier alpha value is -2.83. The topological polar surface area (TPSA) is 75.2 Å². The molecule has 1 aromatic heterocycles. The number of likely N-dealkylation sites (tertiary alicyclic amines) is 1. The number of hydrogen-bond donors (Lipinski definition) is 1. The van der Waals surface area contributed by atoms with Crippen LogP contribution in [0.4, 0.5) is 4.39 Å². The number of hydrogen-bond acceptors (Lipinski definition) is 4. The minimum Gasteiger partial charge on any atom is -0.346 e. The van der Waals surface area contributed by atoms with Crippen molar-refractivity contribution in [1.29, 1.82) is 0 Å². The maximum atomic E-state index is 12.9. The summed E-state index contributed by atoms with van der Waals surface area (Å²) in [5, 5.41) is 2.83. The smallest absolute Gasteiger partial charge is 0.271 e. The van der Waals surface area contributed by atoms with Crippen molar-refractivity contribution in [3.05, 3.63) is 59.4 Å². The number of halogens is 1. The average molecular weight is 342 g/mol. The van der Waals surface area contributed by atoms with E-state index in [-0.39, 0.29) is 35.8 Å². The molecule has 1 aromatic carbocycles. The molecule has 0 radical (unpaired) electrons. The Morgan fingerprint density at radius 1 is 1.28 bits per heavy atom. The van der Waals surface area contributed by atoms with Gasteiger partial charge in [-0.3, -0.25) is 14.6 Å². The lowest BCUT2D eigenvalue weighted by molar-refractivity contribution is -0.127. The van der Waals surface area contributed by atoms with Crippen LogP contribution in [0, 0.1) is 12.7 Å². The van der Waals surface area contributed by atoms with E-state index in [1.54, 1.807) is 24.0 Å². The van der Waals surface area contributed by atoms with E-state index >= 15 is 0 Å². The van der Waals surface area contributed by atoms with Crippen LogP contribution in [0.5, 0.6) is 0 Å². The van der Waals surface area contributed by atoms with Crippen LogP contribution < -0.4 is 5.32 Å². The molecule has 1 N–H and O–H groups in total. The van der Waals surface area contributed by atoms with Gasteiger partial charge in [0.1, 0.15) is 11.5 Å². The number of rotatable bonds is 5. The van der Waals surface area contributed by atoms with Crippen LogP contribution in [-0.2, 0) is 11.2 Å². The number of aromatic nitrogens is 2. The second kappa shape index (κ2) is 7.38. The molecule has 1 fully saturated rings. The molecule has 1 aliphatic heterocycles. The SMILES string of the molecule is Cc1cnc(C(=O)NC2CC(=O)N(CCc3ccc(F)cc3)C2)cn1. The van der Waals surface area contributed by atoms with Crippen molar-refractivity contribution < 1.29 is 14.0 Å². The van der Waals surface area contributed by atoms with Crippen LogP contribution in [0.25, 0.3) is 0 Å². The molecule has 7 heteroatoms. The molecule has 6 nitrogen and oxygen atoms in total. The Morgan fingerprint density at radius 2 is 2.04 bits per heavy atom. The predicted octanol–water partition coefficient (Wildman–Crippen LogP) is 1.50. The summed E-state index contributed by atoms with van der Waals surface area (Å²) in [4.78, 5) is 34.1. The molecular formula is C18H19FN4O2. The molecule has 1 saturated heterocycles. The lowest BCUT2D eigenvalue weighted by Crippen LogP contribution is -2.38. The van der Waals surface area contributed by atoms with E-state index in [1.807, 2.05) is 0 Å². The molecule has 0 saturated carbocycles. The average Bonchev–Trinajstić information content (AvgIpc) is 2.94. The third-order valence-corrected chi connectivity index (χ3v) is 4.15. The molecule has 1 aliphatic rings. The first-order valence-electron chi connectivity index (χ1n) is 8.13. The van der Waals surface area contributed by atoms with E-state index in [0.29, 0.717) is 19.5 Å². The summed E-state index contributed by atoms with van der Waals surface area (Å²) in [6.07, 6.45) is 3.88. The second-order valence-corrected chi connectivity index (χ2v) is 6.13. The maximum absolute atomic E-state index is 12.9. The monoisotopic (exact) mass is 342 g/mol. The Kier molecular flexibility index (Phi) is 5.02. The quantitative estimate of drug-likeness (QED) is 0.893. The van der Waals surface area contributed by atoms with Crippen molar-refractivity contribution in [1.82, 2.24) is 20.2 Å². The zero-order chi connectivity index (χ0) is 17.8. The summed E-state index contributed by atoms with van der Waals surface area (Å²) in [5.74, 6) is -0.601. The molecule has 2 heterocycles. The zero-order valence-corrected chi connectivity index (χ0v) is 13.9. The normalized spacial score (nSPS) is 17.0. The van der Waals surface area contributed by atoms with Crippen molar-refractivity contribution in [2.45, 2.75) is 25.8 Å². The minimum absolute atomic E-state index is 0.00222. The van der Waals surface area contributed by atoms with Crippen molar-refractivity contribution in [3.63, 3.8) is 0 Å². The summed E-state index contributed by atoms with van der Waals surface area (Å²) >= 11 is 0. The third-order valence-electron chi connectivity index (χ3n) is 4.15. The largest absolute Gasteiger partial charge is 0.346 e. The third kappa shape index (κ3) is 4.37. The van der Waals surface area contributed by atoms with Gasteiger partial charge in [-0.25, -0.2) is 9.37 Å². The van der Waals surface area contributed by atoms with E-state index in [4.69, 9.17) is 0 Å². The number of nitrogens with zero attached hydrogens (tertiary/aromatic N) is 3. The van der Waals surface area contributed by atoms with E-state index in [9.17, 15) is 14.0 Å². The molecule has 2 aromatic rings. The molecule has 1 unspecified atom stereocenters. The van der Waals surface area contributed by atoms with E-state index in [1.165, 1.54) is 24.5 Å².